The van der Waals surface area contributed by atoms with Crippen LogP contribution >= 0.6 is 0 Å². The summed E-state index contributed by atoms with van der Waals surface area (Å²) >= 11 is 0. The molecule has 2 heteroatoms. The number of anilines is 3. The van der Waals surface area contributed by atoms with Crippen LogP contribution in [0.1, 0.15) is 25.0 Å². The summed E-state index contributed by atoms with van der Waals surface area (Å²) in [7, 11) is 0. The molecule has 0 amide bonds. The molecule has 0 fully saturated rings. The van der Waals surface area contributed by atoms with Gasteiger partial charge in [-0.2, -0.15) is 0 Å². The quantitative estimate of drug-likeness (QED) is 0.175. The average molecular weight is 730 g/mol. The van der Waals surface area contributed by atoms with Crippen LogP contribution in [0.25, 0.3) is 66.4 Å². The predicted molar refractivity (Wildman–Crippen MR) is 238 cm³/mol. The van der Waals surface area contributed by atoms with Crippen LogP contribution in [0.15, 0.2) is 200 Å². The van der Waals surface area contributed by atoms with Crippen LogP contribution in [0.3, 0.4) is 0 Å². The van der Waals surface area contributed by atoms with Gasteiger partial charge in [-0.25, -0.2) is 0 Å². The van der Waals surface area contributed by atoms with E-state index >= 15 is 0 Å². The molecule has 0 radical (unpaired) electrons. The van der Waals surface area contributed by atoms with Gasteiger partial charge in [0.15, 0.2) is 0 Å². The van der Waals surface area contributed by atoms with Crippen molar-refractivity contribution in [3.05, 3.63) is 211 Å². The zero-order valence-electron chi connectivity index (χ0n) is 31.9. The Labute approximate surface area is 333 Å². The van der Waals surface area contributed by atoms with Crippen LogP contribution in [-0.2, 0) is 5.41 Å². The van der Waals surface area contributed by atoms with Gasteiger partial charge in [0.05, 0.1) is 0 Å². The third-order valence-electron chi connectivity index (χ3n) is 12.1. The minimum Gasteiger partial charge on any atom is -0.456 e. The van der Waals surface area contributed by atoms with Gasteiger partial charge in [-0.1, -0.05) is 147 Å². The first-order valence-electron chi connectivity index (χ1n) is 19.7. The van der Waals surface area contributed by atoms with Gasteiger partial charge in [-0.15, -0.1) is 0 Å². The normalized spacial score (nSPS) is 13.0. The molecule has 270 valence electrons. The lowest BCUT2D eigenvalue weighted by atomic mass is 9.82. The highest BCUT2D eigenvalue weighted by Gasteiger charge is 2.36. The van der Waals surface area contributed by atoms with E-state index in [0.717, 1.165) is 61.9 Å². The molecule has 2 aliphatic rings. The molecular weight excluding hydrogens is 691 g/mol. The first-order chi connectivity index (χ1) is 28.0. The molecule has 1 aliphatic heterocycles. The topological polar surface area (TPSA) is 12.5 Å². The fraction of sp³-hybridized carbons (Fsp3) is 0.0545. The van der Waals surface area contributed by atoms with E-state index in [2.05, 4.69) is 219 Å². The summed E-state index contributed by atoms with van der Waals surface area (Å²) in [4.78, 5) is 2.40. The Kier molecular flexibility index (Phi) is 7.55. The van der Waals surface area contributed by atoms with Crippen LogP contribution in [0, 0.1) is 0 Å². The first kappa shape index (κ1) is 33.2. The molecule has 0 aromatic heterocycles. The molecule has 9 aromatic carbocycles. The van der Waals surface area contributed by atoms with Gasteiger partial charge in [0.25, 0.3) is 0 Å². The van der Waals surface area contributed by atoms with Crippen LogP contribution in [0.5, 0.6) is 11.5 Å². The third-order valence-corrected chi connectivity index (χ3v) is 12.1. The maximum Gasteiger partial charge on any atom is 0.135 e. The van der Waals surface area contributed by atoms with Crippen molar-refractivity contribution in [1.82, 2.24) is 0 Å². The fourth-order valence-corrected chi connectivity index (χ4v) is 9.11. The highest BCUT2D eigenvalue weighted by Crippen LogP contribution is 2.53. The van der Waals surface area contributed by atoms with Crippen molar-refractivity contribution in [2.75, 3.05) is 4.90 Å². The van der Waals surface area contributed by atoms with Crippen molar-refractivity contribution in [3.8, 4) is 67.1 Å². The summed E-state index contributed by atoms with van der Waals surface area (Å²) < 4.78 is 6.99. The zero-order valence-corrected chi connectivity index (χ0v) is 31.9. The van der Waals surface area contributed by atoms with Gasteiger partial charge in [0.1, 0.15) is 11.5 Å². The number of ether oxygens (including phenoxy) is 1. The summed E-state index contributed by atoms with van der Waals surface area (Å²) in [5.41, 5.74) is 17.6. The number of rotatable bonds is 5. The number of fused-ring (bicyclic) bond motifs is 9. The summed E-state index contributed by atoms with van der Waals surface area (Å²) in [5, 5.41) is 2.40. The van der Waals surface area contributed by atoms with Crippen LogP contribution < -0.4 is 9.64 Å². The highest BCUT2D eigenvalue weighted by molar-refractivity contribution is 6.01. The van der Waals surface area contributed by atoms with Gasteiger partial charge in [-0.05, 0) is 133 Å². The summed E-state index contributed by atoms with van der Waals surface area (Å²) in [5.74, 6) is 1.69. The molecule has 0 spiro atoms. The van der Waals surface area contributed by atoms with Gasteiger partial charge < -0.3 is 9.64 Å². The Balaban J connectivity index is 1.11. The standard InChI is InChI=1S/C55H39NO/c1-55(2)51-20-12-11-19-45(51)46-29-26-44(35-52(46)55)56(42-24-21-38(22-25-42)36-13-5-3-6-14-36)43-27-30-53-50(34-43)49-32-40-18-10-9-17-39(40)31-48(49)47-28-23-41(33-54(47)57-53)37-15-7-4-8-16-37/h3-35H,1-2H3. The summed E-state index contributed by atoms with van der Waals surface area (Å²) in [6.07, 6.45) is 0. The monoisotopic (exact) mass is 729 g/mol. The van der Waals surface area contributed by atoms with Crippen LogP contribution in [-0.4, -0.2) is 0 Å². The molecule has 0 saturated carbocycles. The molecule has 0 bridgehead atoms. The largest absolute Gasteiger partial charge is 0.456 e. The Hall–Kier alpha value is -7.16. The Morgan fingerprint density at radius 3 is 1.60 bits per heavy atom. The molecule has 1 heterocycles. The lowest BCUT2D eigenvalue weighted by molar-refractivity contribution is 0.488. The summed E-state index contributed by atoms with van der Waals surface area (Å²) in [6.45, 7) is 4.70. The zero-order chi connectivity index (χ0) is 38.1. The lowest BCUT2D eigenvalue weighted by Crippen LogP contribution is -2.16. The van der Waals surface area contributed by atoms with E-state index < -0.39 is 0 Å². The molecule has 9 aromatic rings. The Morgan fingerprint density at radius 2 is 0.860 bits per heavy atom. The van der Waals surface area contributed by atoms with E-state index in [1.165, 1.54) is 44.2 Å². The molecule has 1 aliphatic carbocycles. The van der Waals surface area contributed by atoms with Crippen molar-refractivity contribution < 1.29 is 4.74 Å². The highest BCUT2D eigenvalue weighted by atomic mass is 16.5. The van der Waals surface area contributed by atoms with Gasteiger partial charge in [0, 0.05) is 33.6 Å². The fourth-order valence-electron chi connectivity index (χ4n) is 9.11. The molecule has 0 N–H and O–H groups in total. The number of benzene rings is 9. The Morgan fingerprint density at radius 1 is 0.333 bits per heavy atom. The van der Waals surface area contributed by atoms with E-state index in [4.69, 9.17) is 4.74 Å². The third kappa shape index (κ3) is 5.48. The van der Waals surface area contributed by atoms with E-state index in [0.29, 0.717) is 0 Å². The minimum absolute atomic E-state index is 0.128. The van der Waals surface area contributed by atoms with Gasteiger partial charge in [0.2, 0.25) is 0 Å². The molecule has 57 heavy (non-hydrogen) atoms. The van der Waals surface area contributed by atoms with Gasteiger partial charge in [-0.3, -0.25) is 0 Å². The van der Waals surface area contributed by atoms with Crippen molar-refractivity contribution in [2.45, 2.75) is 19.3 Å². The second kappa shape index (κ2) is 13.0. The maximum atomic E-state index is 6.99. The number of nitrogens with zero attached hydrogens (tertiary/aromatic N) is 1. The molecule has 0 saturated heterocycles. The van der Waals surface area contributed by atoms with E-state index in [1.807, 2.05) is 0 Å². The van der Waals surface area contributed by atoms with Crippen molar-refractivity contribution in [2.24, 2.45) is 0 Å². The van der Waals surface area contributed by atoms with Gasteiger partial charge >= 0.3 is 0 Å². The predicted octanol–water partition coefficient (Wildman–Crippen LogP) is 15.4. The second-order valence-electron chi connectivity index (χ2n) is 15.8. The van der Waals surface area contributed by atoms with E-state index in [-0.39, 0.29) is 5.41 Å². The molecule has 2 nitrogen and oxygen atoms in total. The Bertz CT molecular complexity index is 3000. The molecule has 0 atom stereocenters. The molecule has 0 unspecified atom stereocenters. The molecule has 11 rings (SSSR count). The summed E-state index contributed by atoms with van der Waals surface area (Å²) in [6, 6.07) is 72.6. The molecular formula is C55H39NO. The van der Waals surface area contributed by atoms with E-state index in [1.54, 1.807) is 0 Å². The number of hydrogen-bond donors (Lipinski definition) is 0. The van der Waals surface area contributed by atoms with Crippen LogP contribution in [0.4, 0.5) is 17.1 Å². The smallest absolute Gasteiger partial charge is 0.135 e. The van der Waals surface area contributed by atoms with Crippen molar-refractivity contribution in [1.29, 1.82) is 0 Å². The SMILES string of the molecule is CC1(C)c2ccccc2-c2ccc(N(c3ccc(-c4ccccc4)cc3)c3ccc4c(c3)-c3cc5ccccc5cc3-c3ccc(-c5ccccc5)cc3O4)cc21. The van der Waals surface area contributed by atoms with E-state index in [9.17, 15) is 0 Å². The number of hydrogen-bond acceptors (Lipinski definition) is 2. The van der Waals surface area contributed by atoms with Crippen molar-refractivity contribution >= 4 is 27.8 Å². The lowest BCUT2D eigenvalue weighted by Gasteiger charge is -2.29. The van der Waals surface area contributed by atoms with Crippen LogP contribution in [0.2, 0.25) is 0 Å². The minimum atomic E-state index is -0.128. The second-order valence-corrected chi connectivity index (χ2v) is 15.8. The van der Waals surface area contributed by atoms with Crippen molar-refractivity contribution in [3.63, 3.8) is 0 Å². The first-order valence-corrected chi connectivity index (χ1v) is 19.7. The average Bonchev–Trinajstić information content (AvgIpc) is 3.40. The maximum absolute atomic E-state index is 6.99.